The third kappa shape index (κ3) is 2.94. The summed E-state index contributed by atoms with van der Waals surface area (Å²) in [6.45, 7) is 6.34. The molecule has 1 fully saturated rings. The summed E-state index contributed by atoms with van der Waals surface area (Å²) in [6.07, 6.45) is 4.09. The predicted molar refractivity (Wildman–Crippen MR) is 70.1 cm³/mol. The van der Waals surface area contributed by atoms with Crippen molar-refractivity contribution in [2.24, 2.45) is 17.1 Å². The molecular formula is C12H22N2OS. The molecule has 0 aliphatic heterocycles. The molecule has 3 N–H and O–H groups in total. The number of nitrogens with one attached hydrogen (secondary N) is 1. The maximum atomic E-state index is 12.0. The number of nitrogens with two attached hydrogens (primary N) is 1. The van der Waals surface area contributed by atoms with Crippen LogP contribution in [0.15, 0.2) is 0 Å². The van der Waals surface area contributed by atoms with E-state index in [1.54, 1.807) is 0 Å². The van der Waals surface area contributed by atoms with E-state index in [-0.39, 0.29) is 23.3 Å². The van der Waals surface area contributed by atoms with Crippen molar-refractivity contribution < 1.29 is 4.79 Å². The molecule has 1 aliphatic rings. The molecular weight excluding hydrogens is 220 g/mol. The normalized spacial score (nSPS) is 25.1. The first-order chi connectivity index (χ1) is 7.38. The van der Waals surface area contributed by atoms with Crippen molar-refractivity contribution in [3.8, 4) is 0 Å². The van der Waals surface area contributed by atoms with Gasteiger partial charge in [-0.3, -0.25) is 4.79 Å². The first-order valence-electron chi connectivity index (χ1n) is 5.98. The quantitative estimate of drug-likeness (QED) is 0.741. The second kappa shape index (κ2) is 5.13. The van der Waals surface area contributed by atoms with Crippen LogP contribution in [0.3, 0.4) is 0 Å². The van der Waals surface area contributed by atoms with Crippen LogP contribution in [0.5, 0.6) is 0 Å². The Morgan fingerprint density at radius 2 is 2.25 bits per heavy atom. The fourth-order valence-electron chi connectivity index (χ4n) is 2.38. The van der Waals surface area contributed by atoms with E-state index in [4.69, 9.17) is 18.0 Å². The third-order valence-corrected chi connectivity index (χ3v) is 3.93. The molecule has 2 atom stereocenters. The van der Waals surface area contributed by atoms with E-state index in [9.17, 15) is 4.79 Å². The average molecular weight is 242 g/mol. The second-order valence-corrected chi connectivity index (χ2v) is 5.78. The van der Waals surface area contributed by atoms with Crippen molar-refractivity contribution in [3.63, 3.8) is 0 Å². The molecule has 0 aromatic heterocycles. The fourth-order valence-corrected chi connectivity index (χ4v) is 2.66. The molecule has 1 aliphatic carbocycles. The topological polar surface area (TPSA) is 55.1 Å². The smallest absolute Gasteiger partial charge is 0.230 e. The molecule has 0 heterocycles. The van der Waals surface area contributed by atoms with E-state index < -0.39 is 0 Å². The molecule has 4 heteroatoms. The highest BCUT2D eigenvalue weighted by molar-refractivity contribution is 7.80. The van der Waals surface area contributed by atoms with Gasteiger partial charge in [0.2, 0.25) is 5.91 Å². The number of thiocarbonyl (C=S) groups is 1. The minimum absolute atomic E-state index is 0.00465. The largest absolute Gasteiger partial charge is 0.393 e. The number of hydrogen-bond acceptors (Lipinski definition) is 2. The number of carbonyl (C=O) groups excluding carboxylic acids is 1. The molecule has 16 heavy (non-hydrogen) atoms. The van der Waals surface area contributed by atoms with Gasteiger partial charge in [0.15, 0.2) is 0 Å². The number of hydrogen-bond donors (Lipinski definition) is 2. The molecule has 1 saturated carbocycles. The Labute approximate surface area is 103 Å². The molecule has 0 spiro atoms. The first-order valence-corrected chi connectivity index (χ1v) is 6.39. The van der Waals surface area contributed by atoms with Crippen molar-refractivity contribution in [2.75, 3.05) is 0 Å². The van der Waals surface area contributed by atoms with Crippen molar-refractivity contribution in [3.05, 3.63) is 0 Å². The highest BCUT2D eigenvalue weighted by Gasteiger charge is 2.36. The summed E-state index contributed by atoms with van der Waals surface area (Å²) < 4.78 is 0. The lowest BCUT2D eigenvalue weighted by atomic mass is 9.87. The van der Waals surface area contributed by atoms with Gasteiger partial charge >= 0.3 is 0 Å². The van der Waals surface area contributed by atoms with Crippen LogP contribution < -0.4 is 11.1 Å². The molecule has 0 aromatic carbocycles. The highest BCUT2D eigenvalue weighted by atomic mass is 32.1. The van der Waals surface area contributed by atoms with Crippen LogP contribution in [0.2, 0.25) is 0 Å². The Bertz CT molecular complexity index is 289. The standard InChI is InChI=1S/C12H22N2OS/c1-4-8(10(13)16)11(15)14-9-6-5-7-12(9,2)3/h8-9H,4-7H2,1-3H3,(H2,13,16)(H,14,15). The second-order valence-electron chi connectivity index (χ2n) is 5.31. The van der Waals surface area contributed by atoms with Crippen molar-refractivity contribution in [1.82, 2.24) is 5.32 Å². The third-order valence-electron chi connectivity index (χ3n) is 3.64. The maximum absolute atomic E-state index is 12.0. The first kappa shape index (κ1) is 13.4. The molecule has 1 rings (SSSR count). The lowest BCUT2D eigenvalue weighted by Crippen LogP contribution is -2.46. The summed E-state index contributed by atoms with van der Waals surface area (Å²) in [4.78, 5) is 12.3. The lowest BCUT2D eigenvalue weighted by Gasteiger charge is -2.29. The SMILES string of the molecule is CCC(C(=O)NC1CCCC1(C)C)C(N)=S. The predicted octanol–water partition coefficient (Wildman–Crippen LogP) is 1.99. The van der Waals surface area contributed by atoms with Gasteiger partial charge in [0.1, 0.15) is 0 Å². The van der Waals surface area contributed by atoms with E-state index in [0.717, 1.165) is 6.42 Å². The number of rotatable bonds is 4. The van der Waals surface area contributed by atoms with Crippen LogP contribution >= 0.6 is 12.2 Å². The van der Waals surface area contributed by atoms with Crippen molar-refractivity contribution in [2.45, 2.75) is 52.5 Å². The van der Waals surface area contributed by atoms with Crippen LogP contribution in [0.4, 0.5) is 0 Å². The minimum Gasteiger partial charge on any atom is -0.393 e. The maximum Gasteiger partial charge on any atom is 0.230 e. The highest BCUT2D eigenvalue weighted by Crippen LogP contribution is 2.37. The molecule has 0 bridgehead atoms. The Balaban J connectivity index is 2.60. The Morgan fingerprint density at radius 3 is 2.62 bits per heavy atom. The van der Waals surface area contributed by atoms with Gasteiger partial charge in [-0.05, 0) is 24.7 Å². The van der Waals surface area contributed by atoms with Gasteiger partial charge in [-0.2, -0.15) is 0 Å². The van der Waals surface area contributed by atoms with Crippen LogP contribution in [0, 0.1) is 11.3 Å². The van der Waals surface area contributed by atoms with Crippen LogP contribution in [0.1, 0.15) is 46.5 Å². The zero-order valence-electron chi connectivity index (χ0n) is 10.4. The molecule has 0 aromatic rings. The molecule has 92 valence electrons. The summed E-state index contributed by atoms with van der Waals surface area (Å²) >= 11 is 4.91. The zero-order chi connectivity index (χ0) is 12.3. The van der Waals surface area contributed by atoms with E-state index in [1.807, 2.05) is 6.92 Å². The van der Waals surface area contributed by atoms with Crippen molar-refractivity contribution >= 4 is 23.1 Å². The monoisotopic (exact) mass is 242 g/mol. The van der Waals surface area contributed by atoms with Gasteiger partial charge in [0, 0.05) is 6.04 Å². The van der Waals surface area contributed by atoms with Gasteiger partial charge < -0.3 is 11.1 Å². The van der Waals surface area contributed by atoms with Crippen LogP contribution in [0.25, 0.3) is 0 Å². The summed E-state index contributed by atoms with van der Waals surface area (Å²) in [5.74, 6) is -0.318. The van der Waals surface area contributed by atoms with Gasteiger partial charge in [-0.25, -0.2) is 0 Å². The molecule has 3 nitrogen and oxygen atoms in total. The van der Waals surface area contributed by atoms with E-state index in [2.05, 4.69) is 19.2 Å². The Kier molecular flexibility index (Phi) is 4.30. The van der Waals surface area contributed by atoms with Gasteiger partial charge in [0.05, 0.1) is 10.9 Å². The molecule has 1 amide bonds. The summed E-state index contributed by atoms with van der Waals surface area (Å²) in [7, 11) is 0. The Hall–Kier alpha value is -0.640. The van der Waals surface area contributed by atoms with Gasteiger partial charge in [-0.1, -0.05) is 39.4 Å². The number of carbonyl (C=O) groups is 1. The summed E-state index contributed by atoms with van der Waals surface area (Å²) in [5.41, 5.74) is 5.76. The minimum atomic E-state index is -0.314. The van der Waals surface area contributed by atoms with E-state index in [1.165, 1.54) is 12.8 Å². The van der Waals surface area contributed by atoms with Gasteiger partial charge in [-0.15, -0.1) is 0 Å². The molecule has 2 unspecified atom stereocenters. The van der Waals surface area contributed by atoms with Crippen LogP contribution in [-0.2, 0) is 4.79 Å². The zero-order valence-corrected chi connectivity index (χ0v) is 11.2. The van der Waals surface area contributed by atoms with Crippen molar-refractivity contribution in [1.29, 1.82) is 0 Å². The number of amides is 1. The molecule has 0 radical (unpaired) electrons. The summed E-state index contributed by atoms with van der Waals surface area (Å²) in [5, 5.41) is 3.10. The fraction of sp³-hybridized carbons (Fsp3) is 0.833. The average Bonchev–Trinajstić information content (AvgIpc) is 2.46. The van der Waals surface area contributed by atoms with E-state index in [0.29, 0.717) is 11.4 Å². The lowest BCUT2D eigenvalue weighted by molar-refractivity contribution is -0.124. The van der Waals surface area contributed by atoms with E-state index >= 15 is 0 Å². The van der Waals surface area contributed by atoms with Crippen LogP contribution in [-0.4, -0.2) is 16.9 Å². The van der Waals surface area contributed by atoms with Gasteiger partial charge in [0.25, 0.3) is 0 Å². The Morgan fingerprint density at radius 1 is 1.62 bits per heavy atom. The molecule has 0 saturated heterocycles. The summed E-state index contributed by atoms with van der Waals surface area (Å²) in [6, 6.07) is 0.267.